The van der Waals surface area contributed by atoms with Crippen LogP contribution in [0.2, 0.25) is 0 Å². The number of fused-ring (bicyclic) bond motifs is 1. The number of carbonyl (C=O) groups excluding carboxylic acids is 1. The van der Waals surface area contributed by atoms with Crippen molar-refractivity contribution in [1.82, 2.24) is 24.4 Å². The summed E-state index contributed by atoms with van der Waals surface area (Å²) in [4.78, 5) is 21.3. The largest absolute Gasteiger partial charge is 0.336 e. The van der Waals surface area contributed by atoms with E-state index in [2.05, 4.69) is 33.9 Å². The van der Waals surface area contributed by atoms with Crippen LogP contribution in [0.25, 0.3) is 5.65 Å². The van der Waals surface area contributed by atoms with E-state index in [-0.39, 0.29) is 5.91 Å². The molecule has 4 rings (SSSR count). The topological polar surface area (TPSA) is 53.7 Å². The lowest BCUT2D eigenvalue weighted by Crippen LogP contribution is -2.47. The molecule has 1 amide bonds. The van der Waals surface area contributed by atoms with Crippen LogP contribution in [-0.2, 0) is 0 Å². The average Bonchev–Trinajstić information content (AvgIpc) is 3.11. The molecule has 0 unspecified atom stereocenters. The number of aryl methyl sites for hydroxylation is 1. The molecule has 1 aliphatic heterocycles. The van der Waals surface area contributed by atoms with Gasteiger partial charge in [-0.15, -0.1) is 0 Å². The van der Waals surface area contributed by atoms with E-state index in [0.717, 1.165) is 48.6 Å². The van der Waals surface area contributed by atoms with Crippen molar-refractivity contribution in [2.45, 2.75) is 6.92 Å². The van der Waals surface area contributed by atoms with Gasteiger partial charge in [-0.05, 0) is 49.7 Å². The second kappa shape index (κ2) is 7.22. The lowest BCUT2D eigenvalue weighted by Gasteiger charge is -2.32. The zero-order chi connectivity index (χ0) is 18.8. The van der Waals surface area contributed by atoms with Crippen LogP contribution in [0.15, 0.2) is 42.7 Å². The van der Waals surface area contributed by atoms with Gasteiger partial charge in [-0.25, -0.2) is 9.50 Å². The fourth-order valence-electron chi connectivity index (χ4n) is 3.13. The van der Waals surface area contributed by atoms with Crippen LogP contribution in [0, 0.1) is 18.8 Å². The summed E-state index contributed by atoms with van der Waals surface area (Å²) in [5, 5.41) is 4.28. The van der Waals surface area contributed by atoms with Gasteiger partial charge in [0.2, 0.25) is 0 Å². The van der Waals surface area contributed by atoms with Crippen molar-refractivity contribution >= 4 is 11.6 Å². The van der Waals surface area contributed by atoms with Gasteiger partial charge in [0, 0.05) is 43.5 Å². The number of piperazine rings is 1. The normalized spacial score (nSPS) is 14.8. The van der Waals surface area contributed by atoms with Gasteiger partial charge in [-0.1, -0.05) is 12.0 Å². The minimum Gasteiger partial charge on any atom is -0.336 e. The number of likely N-dealkylation sites (N-methyl/N-ethyl adjacent to an activating group) is 1. The van der Waals surface area contributed by atoms with Gasteiger partial charge in [0.1, 0.15) is 5.69 Å². The third-order valence-corrected chi connectivity index (χ3v) is 4.88. The smallest absolute Gasteiger partial charge is 0.253 e. The summed E-state index contributed by atoms with van der Waals surface area (Å²) in [6, 6.07) is 9.46. The molecule has 0 N–H and O–H groups in total. The van der Waals surface area contributed by atoms with E-state index in [1.54, 1.807) is 16.9 Å². The zero-order valence-corrected chi connectivity index (χ0v) is 15.5. The lowest BCUT2D eigenvalue weighted by molar-refractivity contribution is 0.0664. The van der Waals surface area contributed by atoms with Gasteiger partial charge in [0.15, 0.2) is 5.65 Å². The maximum Gasteiger partial charge on any atom is 0.253 e. The minimum atomic E-state index is 0.0719. The number of aromatic nitrogens is 3. The summed E-state index contributed by atoms with van der Waals surface area (Å²) >= 11 is 0. The third kappa shape index (κ3) is 3.55. The van der Waals surface area contributed by atoms with Gasteiger partial charge >= 0.3 is 0 Å². The average molecular weight is 359 g/mol. The molecule has 1 fully saturated rings. The van der Waals surface area contributed by atoms with Crippen molar-refractivity contribution in [1.29, 1.82) is 0 Å². The number of imidazole rings is 1. The van der Waals surface area contributed by atoms with Gasteiger partial charge in [0.25, 0.3) is 5.91 Å². The molecule has 6 nitrogen and oxygen atoms in total. The highest BCUT2D eigenvalue weighted by Crippen LogP contribution is 2.14. The second-order valence-electron chi connectivity index (χ2n) is 6.81. The number of benzene rings is 1. The quantitative estimate of drug-likeness (QED) is 0.622. The molecule has 2 aromatic heterocycles. The van der Waals surface area contributed by atoms with Crippen LogP contribution in [-0.4, -0.2) is 63.5 Å². The number of hydrogen-bond donors (Lipinski definition) is 0. The number of carbonyl (C=O) groups is 1. The molecule has 136 valence electrons. The Balaban J connectivity index is 1.61. The molecule has 3 aromatic rings. The molecule has 6 heteroatoms. The Kier molecular flexibility index (Phi) is 4.61. The lowest BCUT2D eigenvalue weighted by atomic mass is 10.0. The number of rotatable bonds is 1. The van der Waals surface area contributed by atoms with Crippen LogP contribution >= 0.6 is 0 Å². The Hall–Kier alpha value is -3.17. The van der Waals surface area contributed by atoms with Crippen molar-refractivity contribution in [3.63, 3.8) is 0 Å². The predicted molar refractivity (Wildman–Crippen MR) is 104 cm³/mol. The van der Waals surface area contributed by atoms with E-state index in [1.165, 1.54) is 0 Å². The molecule has 0 atom stereocenters. The highest BCUT2D eigenvalue weighted by molar-refractivity contribution is 5.94. The number of hydrogen-bond acceptors (Lipinski definition) is 4. The van der Waals surface area contributed by atoms with Gasteiger partial charge < -0.3 is 9.80 Å². The maximum atomic E-state index is 12.8. The first kappa shape index (κ1) is 17.3. The molecule has 0 aliphatic carbocycles. The molecule has 0 spiro atoms. The number of nitrogens with zero attached hydrogens (tertiary/aromatic N) is 5. The zero-order valence-electron chi connectivity index (χ0n) is 15.5. The molecule has 0 saturated carbocycles. The van der Waals surface area contributed by atoms with Gasteiger partial charge in [-0.2, -0.15) is 5.10 Å². The van der Waals surface area contributed by atoms with E-state index < -0.39 is 0 Å². The van der Waals surface area contributed by atoms with E-state index in [1.807, 2.05) is 42.2 Å². The Bertz CT molecular complexity index is 1050. The molecule has 1 aliphatic rings. The molecule has 0 radical (unpaired) electrons. The summed E-state index contributed by atoms with van der Waals surface area (Å²) in [6.45, 7) is 5.34. The van der Waals surface area contributed by atoms with E-state index in [0.29, 0.717) is 5.56 Å². The minimum absolute atomic E-state index is 0.0719. The van der Waals surface area contributed by atoms with Gasteiger partial charge in [0.05, 0.1) is 6.20 Å². The summed E-state index contributed by atoms with van der Waals surface area (Å²) in [5.41, 5.74) is 4.06. The first-order chi connectivity index (χ1) is 13.1. The third-order valence-electron chi connectivity index (χ3n) is 4.88. The van der Waals surface area contributed by atoms with Crippen molar-refractivity contribution in [2.24, 2.45) is 0 Å². The Morgan fingerprint density at radius 1 is 1.11 bits per heavy atom. The van der Waals surface area contributed by atoms with Crippen LogP contribution in [0.1, 0.15) is 27.2 Å². The van der Waals surface area contributed by atoms with E-state index in [9.17, 15) is 4.79 Å². The molecule has 1 aromatic carbocycles. The Morgan fingerprint density at radius 3 is 2.74 bits per heavy atom. The molecule has 0 bridgehead atoms. The molecule has 3 heterocycles. The highest BCUT2D eigenvalue weighted by Gasteiger charge is 2.20. The predicted octanol–water partition coefficient (Wildman–Crippen LogP) is 1.83. The van der Waals surface area contributed by atoms with Crippen molar-refractivity contribution < 1.29 is 4.79 Å². The summed E-state index contributed by atoms with van der Waals surface area (Å²) in [7, 11) is 2.08. The summed E-state index contributed by atoms with van der Waals surface area (Å²) in [6.07, 6.45) is 3.42. The van der Waals surface area contributed by atoms with Crippen LogP contribution in [0.3, 0.4) is 0 Å². The van der Waals surface area contributed by atoms with Crippen LogP contribution in [0.4, 0.5) is 0 Å². The summed E-state index contributed by atoms with van der Waals surface area (Å²) in [5.74, 6) is 6.39. The molecule has 27 heavy (non-hydrogen) atoms. The SMILES string of the molecule is Cc1ccc(C(=O)N2CCN(C)CC2)cc1C#Cc1cnc2cccnn12. The van der Waals surface area contributed by atoms with E-state index >= 15 is 0 Å². The summed E-state index contributed by atoms with van der Waals surface area (Å²) < 4.78 is 1.71. The second-order valence-corrected chi connectivity index (χ2v) is 6.81. The monoisotopic (exact) mass is 359 g/mol. The van der Waals surface area contributed by atoms with Crippen molar-refractivity contribution in [2.75, 3.05) is 33.2 Å². The van der Waals surface area contributed by atoms with Gasteiger partial charge in [-0.3, -0.25) is 4.79 Å². The Morgan fingerprint density at radius 2 is 1.93 bits per heavy atom. The van der Waals surface area contributed by atoms with E-state index in [4.69, 9.17) is 0 Å². The van der Waals surface area contributed by atoms with Crippen LogP contribution in [0.5, 0.6) is 0 Å². The fourth-order valence-corrected chi connectivity index (χ4v) is 3.13. The number of amides is 1. The molecular weight excluding hydrogens is 338 g/mol. The Labute approximate surface area is 158 Å². The standard InChI is InChI=1S/C21H21N5O/c1-16-5-6-18(21(27)25-12-10-24(2)11-13-25)14-17(16)7-8-19-15-22-20-4-3-9-23-26(19)20/h3-6,9,14-15H,10-13H2,1-2H3. The fraction of sp³-hybridized carbons (Fsp3) is 0.286. The molecular formula is C21H21N5O. The van der Waals surface area contributed by atoms with Crippen LogP contribution < -0.4 is 0 Å². The molecule has 1 saturated heterocycles. The first-order valence-corrected chi connectivity index (χ1v) is 9.01. The van der Waals surface area contributed by atoms with Crippen molar-refractivity contribution in [3.8, 4) is 11.8 Å². The van der Waals surface area contributed by atoms with Crippen molar-refractivity contribution in [3.05, 3.63) is 65.1 Å². The highest BCUT2D eigenvalue weighted by atomic mass is 16.2. The maximum absolute atomic E-state index is 12.8. The first-order valence-electron chi connectivity index (χ1n) is 9.01.